The van der Waals surface area contributed by atoms with E-state index in [-0.39, 0.29) is 17.2 Å². The molecule has 0 fully saturated rings. The van der Waals surface area contributed by atoms with Crippen molar-refractivity contribution in [2.24, 2.45) is 0 Å². The number of carbonyl (C=O) groups is 1. The summed E-state index contributed by atoms with van der Waals surface area (Å²) in [5, 5.41) is 4.27. The maximum absolute atomic E-state index is 12.8. The molecule has 4 rings (SSSR count). The van der Waals surface area contributed by atoms with E-state index in [1.807, 2.05) is 66.7 Å². The number of para-hydroxylation sites is 1. The van der Waals surface area contributed by atoms with Crippen molar-refractivity contribution in [2.45, 2.75) is 4.90 Å². The lowest BCUT2D eigenvalue weighted by Crippen LogP contribution is -2.16. The van der Waals surface area contributed by atoms with E-state index in [1.54, 1.807) is 12.1 Å². The van der Waals surface area contributed by atoms with Crippen LogP contribution in [-0.4, -0.2) is 16.6 Å². The van der Waals surface area contributed by atoms with E-state index in [2.05, 4.69) is 10.3 Å². The van der Waals surface area contributed by atoms with Crippen molar-refractivity contribution >= 4 is 45.9 Å². The summed E-state index contributed by atoms with van der Waals surface area (Å²) in [5.74, 6) is -0.0602. The molecule has 6 heteroatoms. The lowest BCUT2D eigenvalue weighted by atomic mass is 10.0. The number of carbonyl (C=O) groups excluding carboxylic acids is 1. The maximum Gasteiger partial charge on any atom is 0.262 e. The molecule has 29 heavy (non-hydrogen) atoms. The van der Waals surface area contributed by atoms with Crippen LogP contribution in [0, 0.1) is 0 Å². The van der Waals surface area contributed by atoms with Crippen LogP contribution in [0.2, 0.25) is 5.02 Å². The van der Waals surface area contributed by atoms with Gasteiger partial charge in [-0.15, -0.1) is 11.8 Å². The van der Waals surface area contributed by atoms with Gasteiger partial charge < -0.3 is 10.3 Å². The number of rotatable bonds is 5. The molecular formula is C23H17ClN2O2S. The molecule has 4 aromatic rings. The number of nitrogens with one attached hydrogen (secondary N) is 2. The number of fused-ring (bicyclic) bond motifs is 1. The monoisotopic (exact) mass is 420 g/mol. The van der Waals surface area contributed by atoms with Gasteiger partial charge in [-0.05, 0) is 35.9 Å². The van der Waals surface area contributed by atoms with Gasteiger partial charge in [-0.1, -0.05) is 60.1 Å². The van der Waals surface area contributed by atoms with Crippen LogP contribution in [0.25, 0.3) is 22.0 Å². The first-order valence-corrected chi connectivity index (χ1v) is 10.4. The number of anilines is 1. The molecule has 1 heterocycles. The number of H-pyrrole nitrogens is 1. The van der Waals surface area contributed by atoms with Gasteiger partial charge in [-0.25, -0.2) is 0 Å². The average molecular weight is 421 g/mol. The lowest BCUT2D eigenvalue weighted by molar-refractivity contribution is -0.113. The average Bonchev–Trinajstić information content (AvgIpc) is 2.73. The molecule has 144 valence electrons. The summed E-state index contributed by atoms with van der Waals surface area (Å²) in [5.41, 5.74) is 2.88. The summed E-state index contributed by atoms with van der Waals surface area (Å²) in [7, 11) is 0. The molecule has 0 saturated heterocycles. The number of aromatic amines is 1. The van der Waals surface area contributed by atoms with E-state index in [0.29, 0.717) is 15.4 Å². The van der Waals surface area contributed by atoms with Crippen molar-refractivity contribution in [3.63, 3.8) is 0 Å². The van der Waals surface area contributed by atoms with Crippen molar-refractivity contribution in [1.29, 1.82) is 0 Å². The Morgan fingerprint density at radius 2 is 1.66 bits per heavy atom. The number of halogens is 1. The molecule has 4 nitrogen and oxygen atoms in total. The van der Waals surface area contributed by atoms with Crippen LogP contribution in [0.4, 0.5) is 5.69 Å². The molecule has 0 bridgehead atoms. The van der Waals surface area contributed by atoms with Crippen LogP contribution in [0.3, 0.4) is 0 Å². The fourth-order valence-corrected chi connectivity index (χ4v) is 4.21. The second kappa shape index (κ2) is 8.55. The number of hydrogen-bond acceptors (Lipinski definition) is 3. The van der Waals surface area contributed by atoms with Crippen molar-refractivity contribution in [3.05, 3.63) is 94.2 Å². The molecule has 0 aliphatic rings. The van der Waals surface area contributed by atoms with E-state index in [9.17, 15) is 9.59 Å². The first-order valence-electron chi connectivity index (χ1n) is 9.00. The van der Waals surface area contributed by atoms with Gasteiger partial charge in [0, 0.05) is 27.2 Å². The summed E-state index contributed by atoms with van der Waals surface area (Å²) in [6.45, 7) is 0. The molecule has 0 atom stereocenters. The molecule has 0 aliphatic heterocycles. The predicted molar refractivity (Wildman–Crippen MR) is 121 cm³/mol. The Kier molecular flexibility index (Phi) is 5.69. The van der Waals surface area contributed by atoms with Crippen molar-refractivity contribution in [2.75, 3.05) is 11.1 Å². The van der Waals surface area contributed by atoms with Gasteiger partial charge in [0.2, 0.25) is 5.91 Å². The number of thioether (sulfide) groups is 1. The van der Waals surface area contributed by atoms with Gasteiger partial charge in [0.05, 0.1) is 10.6 Å². The highest BCUT2D eigenvalue weighted by molar-refractivity contribution is 8.00. The van der Waals surface area contributed by atoms with Gasteiger partial charge >= 0.3 is 0 Å². The number of aromatic nitrogens is 1. The topological polar surface area (TPSA) is 62.0 Å². The largest absolute Gasteiger partial charge is 0.325 e. The molecular weight excluding hydrogens is 404 g/mol. The van der Waals surface area contributed by atoms with E-state index >= 15 is 0 Å². The molecule has 0 saturated carbocycles. The second-order valence-electron chi connectivity index (χ2n) is 6.42. The standard InChI is InChI=1S/C23H17ClN2O2S/c24-16-11-12-19-18(13-16)21(15-7-3-1-4-8-15)22(23(28)26-19)29-14-20(27)25-17-9-5-2-6-10-17/h1-13H,14H2,(H,25,27)(H,26,28). The number of pyridine rings is 1. The fourth-order valence-electron chi connectivity index (χ4n) is 3.13. The molecule has 0 unspecified atom stereocenters. The number of benzene rings is 3. The summed E-state index contributed by atoms with van der Waals surface area (Å²) in [4.78, 5) is 28.6. The minimum absolute atomic E-state index is 0.115. The highest BCUT2D eigenvalue weighted by Crippen LogP contribution is 2.35. The number of hydrogen-bond donors (Lipinski definition) is 2. The van der Waals surface area contributed by atoms with Crippen LogP contribution in [0.1, 0.15) is 0 Å². The van der Waals surface area contributed by atoms with Gasteiger partial charge in [-0.2, -0.15) is 0 Å². The van der Waals surface area contributed by atoms with Crippen molar-refractivity contribution in [1.82, 2.24) is 4.98 Å². The van der Waals surface area contributed by atoms with E-state index in [0.717, 1.165) is 22.2 Å². The summed E-state index contributed by atoms with van der Waals surface area (Å²) < 4.78 is 0. The van der Waals surface area contributed by atoms with Crippen LogP contribution in [-0.2, 0) is 4.79 Å². The Hall–Kier alpha value is -3.02. The molecule has 3 aromatic carbocycles. The summed E-state index contributed by atoms with van der Waals surface area (Å²) >= 11 is 7.44. The Morgan fingerprint density at radius 1 is 0.966 bits per heavy atom. The van der Waals surface area contributed by atoms with Crippen molar-refractivity contribution in [3.8, 4) is 11.1 Å². The Balaban J connectivity index is 1.72. The molecule has 1 aromatic heterocycles. The lowest BCUT2D eigenvalue weighted by Gasteiger charge is -2.13. The van der Waals surface area contributed by atoms with Gasteiger partial charge in [-0.3, -0.25) is 9.59 Å². The minimum Gasteiger partial charge on any atom is -0.325 e. The normalized spacial score (nSPS) is 10.8. The van der Waals surface area contributed by atoms with Crippen LogP contribution in [0.5, 0.6) is 0 Å². The Bertz CT molecular complexity index is 1220. The van der Waals surface area contributed by atoms with Crippen molar-refractivity contribution < 1.29 is 4.79 Å². The maximum atomic E-state index is 12.8. The SMILES string of the molecule is O=C(CSc1c(-c2ccccc2)c2cc(Cl)ccc2[nH]c1=O)Nc1ccccc1. The third-order valence-corrected chi connectivity index (χ3v) is 5.72. The zero-order valence-electron chi connectivity index (χ0n) is 15.3. The third-order valence-electron chi connectivity index (χ3n) is 4.40. The molecule has 2 N–H and O–H groups in total. The Labute approximate surface area is 176 Å². The van der Waals surface area contributed by atoms with Gasteiger partial charge in [0.25, 0.3) is 5.56 Å². The van der Waals surface area contributed by atoms with Crippen LogP contribution < -0.4 is 10.9 Å². The van der Waals surface area contributed by atoms with E-state index in [4.69, 9.17) is 11.6 Å². The minimum atomic E-state index is -0.226. The quantitative estimate of drug-likeness (QED) is 0.414. The summed E-state index contributed by atoms with van der Waals surface area (Å²) in [6, 6.07) is 24.3. The van der Waals surface area contributed by atoms with Crippen LogP contribution in [0.15, 0.2) is 88.6 Å². The molecule has 0 spiro atoms. The number of amides is 1. The zero-order chi connectivity index (χ0) is 20.2. The highest BCUT2D eigenvalue weighted by Gasteiger charge is 2.17. The fraction of sp³-hybridized carbons (Fsp3) is 0.0435. The smallest absolute Gasteiger partial charge is 0.262 e. The highest BCUT2D eigenvalue weighted by atomic mass is 35.5. The van der Waals surface area contributed by atoms with Gasteiger partial charge in [0.1, 0.15) is 0 Å². The van der Waals surface area contributed by atoms with Gasteiger partial charge in [0.15, 0.2) is 0 Å². The van der Waals surface area contributed by atoms with E-state index < -0.39 is 0 Å². The van der Waals surface area contributed by atoms with E-state index in [1.165, 1.54) is 11.8 Å². The van der Waals surface area contributed by atoms with Crippen LogP contribution >= 0.6 is 23.4 Å². The molecule has 1 amide bonds. The first kappa shape index (κ1) is 19.3. The third kappa shape index (κ3) is 4.36. The summed E-state index contributed by atoms with van der Waals surface area (Å²) in [6.07, 6.45) is 0. The second-order valence-corrected chi connectivity index (χ2v) is 7.84. The zero-order valence-corrected chi connectivity index (χ0v) is 16.9. The molecule has 0 radical (unpaired) electrons. The predicted octanol–water partition coefficient (Wildman–Crippen LogP) is 5.58. The molecule has 0 aliphatic carbocycles. The Morgan fingerprint density at radius 3 is 2.38 bits per heavy atom. The first-order chi connectivity index (χ1) is 14.1.